The maximum Gasteiger partial charge on any atom is 0.434 e. The lowest BCUT2D eigenvalue weighted by atomic mass is 10.2. The van der Waals surface area contributed by atoms with Gasteiger partial charge in [-0.05, 0) is 6.42 Å². The molecule has 1 unspecified atom stereocenters. The number of amides is 2. The zero-order valence-electron chi connectivity index (χ0n) is 12.2. The second kappa shape index (κ2) is 7.28. The maximum absolute atomic E-state index is 12.4. The molecule has 0 aromatic carbocycles. The molecule has 2 rings (SSSR count). The summed E-state index contributed by atoms with van der Waals surface area (Å²) in [6, 6.07) is -0.159. The van der Waals surface area contributed by atoms with Crippen LogP contribution in [0, 0.1) is 0 Å². The Bertz CT molecular complexity index is 507. The zero-order valence-corrected chi connectivity index (χ0v) is 13.0. The van der Waals surface area contributed by atoms with Crippen LogP contribution in [-0.4, -0.2) is 48.3 Å². The van der Waals surface area contributed by atoms with Crippen LogP contribution >= 0.6 is 11.3 Å². The fraction of sp³-hybridized carbons (Fsp3) is 0.692. The van der Waals surface area contributed by atoms with Crippen LogP contribution in [0.3, 0.4) is 0 Å². The third-order valence-electron chi connectivity index (χ3n) is 3.42. The van der Waals surface area contributed by atoms with Crippen LogP contribution in [0.15, 0.2) is 5.38 Å². The van der Waals surface area contributed by atoms with Gasteiger partial charge in [0.25, 0.3) is 0 Å². The Balaban J connectivity index is 1.80. The second-order valence-electron chi connectivity index (χ2n) is 4.94. The molecule has 5 nitrogen and oxygen atoms in total. The molecule has 0 aliphatic carbocycles. The molecule has 0 radical (unpaired) electrons. The van der Waals surface area contributed by atoms with Crippen molar-refractivity contribution in [3.05, 3.63) is 16.1 Å². The summed E-state index contributed by atoms with van der Waals surface area (Å²) in [5.41, 5.74) is -0.877. The van der Waals surface area contributed by atoms with Gasteiger partial charge in [0.05, 0.1) is 24.3 Å². The number of ether oxygens (including phenoxy) is 1. The van der Waals surface area contributed by atoms with Crippen LogP contribution in [0.5, 0.6) is 0 Å². The Hall–Kier alpha value is -1.35. The van der Waals surface area contributed by atoms with Crippen LogP contribution in [0.2, 0.25) is 0 Å². The molecule has 0 spiro atoms. The molecule has 124 valence electrons. The highest BCUT2D eigenvalue weighted by Crippen LogP contribution is 2.30. The van der Waals surface area contributed by atoms with Gasteiger partial charge in [0.1, 0.15) is 0 Å². The van der Waals surface area contributed by atoms with Gasteiger partial charge in [-0.15, -0.1) is 11.3 Å². The number of morpholine rings is 1. The number of rotatable bonds is 4. The molecule has 1 aromatic heterocycles. The molecular weight excluding hydrogens is 319 g/mol. The first-order valence-corrected chi connectivity index (χ1v) is 7.93. The Labute approximate surface area is 130 Å². The van der Waals surface area contributed by atoms with E-state index in [1.54, 1.807) is 4.90 Å². The van der Waals surface area contributed by atoms with Gasteiger partial charge < -0.3 is 15.0 Å². The van der Waals surface area contributed by atoms with Gasteiger partial charge >= 0.3 is 12.2 Å². The van der Waals surface area contributed by atoms with Crippen molar-refractivity contribution in [3.8, 4) is 0 Å². The van der Waals surface area contributed by atoms with Gasteiger partial charge in [-0.3, -0.25) is 0 Å². The molecule has 0 bridgehead atoms. The van der Waals surface area contributed by atoms with Crippen molar-refractivity contribution < 1.29 is 22.7 Å². The van der Waals surface area contributed by atoms with Crippen molar-refractivity contribution in [3.63, 3.8) is 0 Å². The number of hydrogen-bond donors (Lipinski definition) is 1. The lowest BCUT2D eigenvalue weighted by Crippen LogP contribution is -2.52. The highest BCUT2D eigenvalue weighted by molar-refractivity contribution is 7.09. The Morgan fingerprint density at radius 1 is 1.59 bits per heavy atom. The summed E-state index contributed by atoms with van der Waals surface area (Å²) in [6.07, 6.45) is -3.33. The smallest absolute Gasteiger partial charge is 0.377 e. The van der Waals surface area contributed by atoms with Crippen molar-refractivity contribution in [1.82, 2.24) is 15.2 Å². The number of nitrogens with one attached hydrogen (secondary N) is 1. The van der Waals surface area contributed by atoms with Crippen molar-refractivity contribution in [2.75, 3.05) is 26.3 Å². The largest absolute Gasteiger partial charge is 0.434 e. The summed E-state index contributed by atoms with van der Waals surface area (Å²) < 4.78 is 42.6. The number of hydrogen-bond acceptors (Lipinski definition) is 4. The number of carbonyl (C=O) groups excluding carboxylic acids is 1. The van der Waals surface area contributed by atoms with Crippen LogP contribution in [0.1, 0.15) is 24.0 Å². The summed E-state index contributed by atoms with van der Waals surface area (Å²) in [4.78, 5) is 17.3. The number of nitrogens with zero attached hydrogens (tertiary/aromatic N) is 2. The molecule has 2 amide bonds. The average molecular weight is 337 g/mol. The van der Waals surface area contributed by atoms with Gasteiger partial charge in [0.15, 0.2) is 5.69 Å². The van der Waals surface area contributed by atoms with Crippen molar-refractivity contribution >= 4 is 17.4 Å². The third kappa shape index (κ3) is 4.33. The Kier molecular flexibility index (Phi) is 5.63. The summed E-state index contributed by atoms with van der Waals surface area (Å²) in [5.74, 6) is 0. The minimum absolute atomic E-state index is 0.0467. The van der Waals surface area contributed by atoms with Crippen LogP contribution in [-0.2, 0) is 17.3 Å². The quantitative estimate of drug-likeness (QED) is 0.919. The predicted molar refractivity (Wildman–Crippen MR) is 75.8 cm³/mol. The molecule has 0 saturated carbocycles. The second-order valence-corrected chi connectivity index (χ2v) is 5.88. The Morgan fingerprint density at radius 3 is 3.00 bits per heavy atom. The number of alkyl halides is 3. The van der Waals surface area contributed by atoms with Gasteiger partial charge in [-0.25, -0.2) is 9.78 Å². The van der Waals surface area contributed by atoms with E-state index in [0.29, 0.717) is 24.8 Å². The number of urea groups is 1. The van der Waals surface area contributed by atoms with E-state index in [2.05, 4.69) is 10.3 Å². The normalized spacial score (nSPS) is 19.3. The zero-order chi connectivity index (χ0) is 16.2. The van der Waals surface area contributed by atoms with Crippen molar-refractivity contribution in [2.24, 2.45) is 0 Å². The highest BCUT2D eigenvalue weighted by Gasteiger charge is 2.33. The van der Waals surface area contributed by atoms with Crippen molar-refractivity contribution in [2.45, 2.75) is 32.0 Å². The van der Waals surface area contributed by atoms with Crippen molar-refractivity contribution in [1.29, 1.82) is 0 Å². The molecule has 2 heterocycles. The molecule has 1 fully saturated rings. The summed E-state index contributed by atoms with van der Waals surface area (Å²) in [7, 11) is 0. The fourth-order valence-corrected chi connectivity index (χ4v) is 3.00. The van der Waals surface area contributed by atoms with Crippen LogP contribution < -0.4 is 5.32 Å². The van der Waals surface area contributed by atoms with Gasteiger partial charge in [-0.1, -0.05) is 6.92 Å². The van der Waals surface area contributed by atoms with Crippen LogP contribution in [0.25, 0.3) is 0 Å². The van der Waals surface area contributed by atoms with E-state index in [9.17, 15) is 18.0 Å². The number of carbonyl (C=O) groups is 1. The minimum Gasteiger partial charge on any atom is -0.377 e. The van der Waals surface area contributed by atoms with E-state index in [4.69, 9.17) is 4.74 Å². The molecule has 22 heavy (non-hydrogen) atoms. The molecule has 9 heteroatoms. The monoisotopic (exact) mass is 337 g/mol. The van der Waals surface area contributed by atoms with Gasteiger partial charge in [0.2, 0.25) is 0 Å². The Morgan fingerprint density at radius 2 is 2.36 bits per heavy atom. The van der Waals surface area contributed by atoms with E-state index in [-0.39, 0.29) is 25.0 Å². The first-order valence-electron chi connectivity index (χ1n) is 7.05. The van der Waals surface area contributed by atoms with Gasteiger partial charge in [-0.2, -0.15) is 13.2 Å². The van der Waals surface area contributed by atoms with E-state index < -0.39 is 11.9 Å². The number of halogens is 3. The van der Waals surface area contributed by atoms with E-state index in [1.807, 2.05) is 6.92 Å². The fourth-order valence-electron chi connectivity index (χ4n) is 2.19. The first kappa shape index (κ1) is 17.0. The van der Waals surface area contributed by atoms with Gasteiger partial charge in [0, 0.05) is 24.9 Å². The molecule has 1 atom stereocenters. The summed E-state index contributed by atoms with van der Waals surface area (Å²) >= 11 is 0.953. The summed E-state index contributed by atoms with van der Waals surface area (Å²) in [6.45, 7) is 3.79. The third-order valence-corrected chi connectivity index (χ3v) is 4.33. The first-order chi connectivity index (χ1) is 10.4. The maximum atomic E-state index is 12.4. The van der Waals surface area contributed by atoms with Crippen LogP contribution in [0.4, 0.5) is 18.0 Å². The van der Waals surface area contributed by atoms with E-state index in [1.165, 1.54) is 0 Å². The minimum atomic E-state index is -4.42. The standard InChI is InChI=1S/C13H18F3N3O2S/c1-2-9-7-21-6-5-19(9)12(20)17-4-3-11-18-10(8-22-11)13(14,15)16/h8-9H,2-7H2,1H3,(H,17,20). The van der Waals surface area contributed by atoms with E-state index >= 15 is 0 Å². The number of thiazole rings is 1. The van der Waals surface area contributed by atoms with E-state index in [0.717, 1.165) is 23.1 Å². The highest BCUT2D eigenvalue weighted by atomic mass is 32.1. The lowest BCUT2D eigenvalue weighted by molar-refractivity contribution is -0.140. The molecular formula is C13H18F3N3O2S. The molecule has 1 aliphatic rings. The number of aromatic nitrogens is 1. The SMILES string of the molecule is CCC1COCCN1C(=O)NCCc1nc(C(F)(F)F)cs1. The predicted octanol–water partition coefficient (Wildman–Crippen LogP) is 2.52. The lowest BCUT2D eigenvalue weighted by Gasteiger charge is -2.35. The summed E-state index contributed by atoms with van der Waals surface area (Å²) in [5, 5.41) is 4.08. The molecule has 1 saturated heterocycles. The topological polar surface area (TPSA) is 54.5 Å². The average Bonchev–Trinajstić information content (AvgIpc) is 2.96. The molecule has 1 N–H and O–H groups in total. The molecule has 1 aromatic rings. The molecule has 1 aliphatic heterocycles.